The largest absolute Gasteiger partial charge is 0.483 e. The lowest BCUT2D eigenvalue weighted by Crippen LogP contribution is -2.25. The molecule has 3 aromatic carbocycles. The first-order valence-electron chi connectivity index (χ1n) is 11.3. The SMILES string of the molecule is Cc1c(NC(=O)COc2ccccc2-c2nc(-c3ccccc3)no2)c(=O)n(-c2ccccc2)n1C. The number of nitrogens with one attached hydrogen (secondary N) is 1. The topological polar surface area (TPSA) is 104 Å². The molecule has 1 N–H and O–H groups in total. The minimum Gasteiger partial charge on any atom is -0.483 e. The number of benzene rings is 3. The van der Waals surface area contributed by atoms with Crippen molar-refractivity contribution < 1.29 is 14.1 Å². The smallest absolute Gasteiger partial charge is 0.295 e. The van der Waals surface area contributed by atoms with E-state index in [1.165, 1.54) is 4.68 Å². The molecule has 1 amide bonds. The third-order valence-corrected chi connectivity index (χ3v) is 5.75. The fourth-order valence-electron chi connectivity index (χ4n) is 3.84. The molecule has 0 atom stereocenters. The molecule has 0 fully saturated rings. The van der Waals surface area contributed by atoms with E-state index >= 15 is 0 Å². The van der Waals surface area contributed by atoms with Crippen molar-refractivity contribution in [3.05, 3.63) is 101 Å². The summed E-state index contributed by atoms with van der Waals surface area (Å²) < 4.78 is 14.4. The van der Waals surface area contributed by atoms with Crippen LogP contribution < -0.4 is 15.6 Å². The summed E-state index contributed by atoms with van der Waals surface area (Å²) in [5.74, 6) is 0.663. The molecule has 0 bridgehead atoms. The molecule has 0 radical (unpaired) electrons. The summed E-state index contributed by atoms with van der Waals surface area (Å²) in [7, 11) is 1.76. The van der Waals surface area contributed by atoms with Crippen molar-refractivity contribution >= 4 is 11.6 Å². The summed E-state index contributed by atoms with van der Waals surface area (Å²) in [6, 6.07) is 25.8. The molecule has 0 unspecified atom stereocenters. The number of amides is 1. The maximum Gasteiger partial charge on any atom is 0.295 e. The first-order chi connectivity index (χ1) is 17.5. The van der Waals surface area contributed by atoms with Gasteiger partial charge < -0.3 is 14.6 Å². The Morgan fingerprint density at radius 2 is 1.64 bits per heavy atom. The quantitative estimate of drug-likeness (QED) is 0.373. The van der Waals surface area contributed by atoms with Crippen LogP contribution in [0.15, 0.2) is 94.2 Å². The van der Waals surface area contributed by atoms with Gasteiger partial charge in [-0.05, 0) is 31.2 Å². The zero-order chi connectivity index (χ0) is 25.1. The summed E-state index contributed by atoms with van der Waals surface area (Å²) >= 11 is 0. The van der Waals surface area contributed by atoms with Crippen molar-refractivity contribution in [1.29, 1.82) is 0 Å². The van der Waals surface area contributed by atoms with E-state index in [2.05, 4.69) is 15.5 Å². The van der Waals surface area contributed by atoms with Gasteiger partial charge in [-0.15, -0.1) is 0 Å². The number of nitrogens with zero attached hydrogens (tertiary/aromatic N) is 4. The van der Waals surface area contributed by atoms with Crippen LogP contribution in [0.5, 0.6) is 5.75 Å². The molecule has 2 aromatic heterocycles. The number of aromatic nitrogens is 4. The Kier molecular flexibility index (Phi) is 6.19. The van der Waals surface area contributed by atoms with E-state index in [1.54, 1.807) is 36.9 Å². The summed E-state index contributed by atoms with van der Waals surface area (Å²) in [5, 5.41) is 6.74. The standard InChI is InChI=1S/C27H23N5O4/c1-18-24(27(34)32(31(18)2)20-13-7-4-8-14-20)28-23(33)17-35-22-16-10-9-15-21(22)26-29-25(30-36-26)19-11-5-3-6-12-19/h3-16H,17H2,1-2H3,(H,28,33). The number of carbonyl (C=O) groups is 1. The third kappa shape index (κ3) is 4.41. The highest BCUT2D eigenvalue weighted by Gasteiger charge is 2.19. The van der Waals surface area contributed by atoms with Crippen LogP contribution >= 0.6 is 0 Å². The van der Waals surface area contributed by atoms with Gasteiger partial charge in [0.15, 0.2) is 6.61 Å². The Morgan fingerprint density at radius 3 is 2.39 bits per heavy atom. The van der Waals surface area contributed by atoms with Gasteiger partial charge in [-0.25, -0.2) is 4.68 Å². The van der Waals surface area contributed by atoms with Crippen molar-refractivity contribution in [2.24, 2.45) is 7.05 Å². The number of para-hydroxylation sites is 2. The Morgan fingerprint density at radius 1 is 0.972 bits per heavy atom. The van der Waals surface area contributed by atoms with E-state index in [0.717, 1.165) is 5.56 Å². The Balaban J connectivity index is 1.32. The van der Waals surface area contributed by atoms with Crippen molar-refractivity contribution in [1.82, 2.24) is 19.5 Å². The molecule has 9 heteroatoms. The number of ether oxygens (including phenoxy) is 1. The van der Waals surface area contributed by atoms with Crippen molar-refractivity contribution in [2.75, 3.05) is 11.9 Å². The van der Waals surface area contributed by atoms with Gasteiger partial charge in [0.25, 0.3) is 17.4 Å². The number of carbonyl (C=O) groups excluding carboxylic acids is 1. The van der Waals surface area contributed by atoms with Crippen LogP contribution in [0.4, 0.5) is 5.69 Å². The molecule has 0 spiro atoms. The van der Waals surface area contributed by atoms with Gasteiger partial charge in [0, 0.05) is 12.6 Å². The second-order valence-electron chi connectivity index (χ2n) is 8.06. The summed E-state index contributed by atoms with van der Waals surface area (Å²) in [6.45, 7) is 1.46. The lowest BCUT2D eigenvalue weighted by atomic mass is 10.2. The maximum absolute atomic E-state index is 13.0. The van der Waals surface area contributed by atoms with Gasteiger partial charge in [0.05, 0.1) is 16.9 Å². The molecule has 0 aliphatic carbocycles. The average Bonchev–Trinajstić information content (AvgIpc) is 3.48. The van der Waals surface area contributed by atoms with Crippen LogP contribution in [0.2, 0.25) is 0 Å². The number of rotatable bonds is 7. The predicted octanol–water partition coefficient (Wildman–Crippen LogP) is 4.22. The summed E-state index contributed by atoms with van der Waals surface area (Å²) in [4.78, 5) is 30.2. The molecule has 0 aliphatic heterocycles. The van der Waals surface area contributed by atoms with E-state index in [0.29, 0.717) is 28.5 Å². The summed E-state index contributed by atoms with van der Waals surface area (Å²) in [6.07, 6.45) is 0. The van der Waals surface area contributed by atoms with Gasteiger partial charge in [-0.1, -0.05) is 65.8 Å². The van der Waals surface area contributed by atoms with Crippen LogP contribution in [0.3, 0.4) is 0 Å². The van der Waals surface area contributed by atoms with Gasteiger partial charge >= 0.3 is 0 Å². The molecule has 36 heavy (non-hydrogen) atoms. The third-order valence-electron chi connectivity index (χ3n) is 5.75. The van der Waals surface area contributed by atoms with Crippen LogP contribution in [0.1, 0.15) is 5.69 Å². The second kappa shape index (κ2) is 9.75. The minimum atomic E-state index is -0.466. The van der Waals surface area contributed by atoms with Crippen LogP contribution in [-0.4, -0.2) is 32.0 Å². The van der Waals surface area contributed by atoms with E-state index < -0.39 is 5.91 Å². The zero-order valence-corrected chi connectivity index (χ0v) is 19.7. The van der Waals surface area contributed by atoms with Crippen LogP contribution in [-0.2, 0) is 11.8 Å². The molecule has 2 heterocycles. The van der Waals surface area contributed by atoms with Crippen molar-refractivity contribution in [2.45, 2.75) is 6.92 Å². The molecular weight excluding hydrogens is 458 g/mol. The van der Waals surface area contributed by atoms with E-state index in [4.69, 9.17) is 9.26 Å². The lowest BCUT2D eigenvalue weighted by Gasteiger charge is -2.09. The minimum absolute atomic E-state index is 0.202. The number of anilines is 1. The Labute approximate surface area is 206 Å². The number of hydrogen-bond acceptors (Lipinski definition) is 6. The van der Waals surface area contributed by atoms with E-state index in [1.807, 2.05) is 66.7 Å². The highest BCUT2D eigenvalue weighted by atomic mass is 16.5. The maximum atomic E-state index is 13.0. The van der Waals surface area contributed by atoms with Gasteiger partial charge in [-0.3, -0.25) is 14.3 Å². The molecular formula is C27H23N5O4. The molecule has 5 aromatic rings. The molecule has 0 saturated carbocycles. The van der Waals surface area contributed by atoms with Crippen LogP contribution in [0, 0.1) is 6.92 Å². The molecule has 9 nitrogen and oxygen atoms in total. The molecule has 0 aliphatic rings. The Hall–Kier alpha value is -4.92. The first-order valence-corrected chi connectivity index (χ1v) is 11.3. The van der Waals surface area contributed by atoms with Crippen molar-refractivity contribution in [3.63, 3.8) is 0 Å². The molecule has 5 rings (SSSR count). The fraction of sp³-hybridized carbons (Fsp3) is 0.111. The fourth-order valence-corrected chi connectivity index (χ4v) is 3.84. The zero-order valence-electron chi connectivity index (χ0n) is 19.7. The molecule has 180 valence electrons. The number of hydrogen-bond donors (Lipinski definition) is 1. The van der Waals surface area contributed by atoms with Crippen LogP contribution in [0.25, 0.3) is 28.5 Å². The molecule has 0 saturated heterocycles. The monoisotopic (exact) mass is 481 g/mol. The van der Waals surface area contributed by atoms with Gasteiger partial charge in [-0.2, -0.15) is 4.98 Å². The normalized spacial score (nSPS) is 10.8. The highest BCUT2D eigenvalue weighted by molar-refractivity contribution is 5.92. The Bertz CT molecular complexity index is 1570. The predicted molar refractivity (Wildman–Crippen MR) is 135 cm³/mol. The van der Waals surface area contributed by atoms with Gasteiger partial charge in [0.1, 0.15) is 11.4 Å². The summed E-state index contributed by atoms with van der Waals surface area (Å²) in [5.41, 5.74) is 2.58. The highest BCUT2D eigenvalue weighted by Crippen LogP contribution is 2.30. The average molecular weight is 482 g/mol. The van der Waals surface area contributed by atoms with Crippen molar-refractivity contribution in [3.8, 4) is 34.3 Å². The lowest BCUT2D eigenvalue weighted by molar-refractivity contribution is -0.118. The van der Waals surface area contributed by atoms with Gasteiger partial charge in [0.2, 0.25) is 5.82 Å². The van der Waals surface area contributed by atoms with E-state index in [9.17, 15) is 9.59 Å². The first kappa shape index (κ1) is 22.9. The van der Waals surface area contributed by atoms with E-state index in [-0.39, 0.29) is 23.7 Å². The second-order valence-corrected chi connectivity index (χ2v) is 8.06.